The van der Waals surface area contributed by atoms with Gasteiger partial charge in [-0.05, 0) is 43.5 Å². The molecule has 0 atom stereocenters. The van der Waals surface area contributed by atoms with Crippen molar-refractivity contribution in [2.45, 2.75) is 19.8 Å². The average Bonchev–Trinajstić information content (AvgIpc) is 2.58. The van der Waals surface area contributed by atoms with Crippen molar-refractivity contribution in [3.63, 3.8) is 0 Å². The number of carbonyl (C=O) groups is 1. The molecule has 0 heterocycles. The molecule has 0 aliphatic heterocycles. The molecule has 7 heteroatoms. The summed E-state index contributed by atoms with van der Waals surface area (Å²) in [6.45, 7) is 2.58. The van der Waals surface area contributed by atoms with Crippen LogP contribution in [0.3, 0.4) is 0 Å². The fraction of sp³-hybridized carbons (Fsp3) is 0.316. The number of anilines is 1. The third kappa shape index (κ3) is 5.47. The van der Waals surface area contributed by atoms with Crippen LogP contribution in [0.4, 0.5) is 5.69 Å². The Labute approximate surface area is 160 Å². The number of rotatable bonds is 7. The second kappa shape index (κ2) is 8.56. The molecule has 26 heavy (non-hydrogen) atoms. The molecule has 0 aromatic heterocycles. The molecule has 0 spiro atoms. The Balaban J connectivity index is 1.92. The Morgan fingerprint density at radius 2 is 1.81 bits per heavy atom. The van der Waals surface area contributed by atoms with Crippen LogP contribution in [-0.4, -0.2) is 34.2 Å². The van der Waals surface area contributed by atoms with Crippen molar-refractivity contribution in [3.8, 4) is 0 Å². The number of hydrogen-bond donors (Lipinski definition) is 1. The van der Waals surface area contributed by atoms with Gasteiger partial charge in [0.25, 0.3) is 5.91 Å². The lowest BCUT2D eigenvalue weighted by atomic mass is 10.1. The Morgan fingerprint density at radius 3 is 2.38 bits per heavy atom. The fourth-order valence-electron chi connectivity index (χ4n) is 2.42. The van der Waals surface area contributed by atoms with Gasteiger partial charge >= 0.3 is 0 Å². The van der Waals surface area contributed by atoms with Crippen molar-refractivity contribution < 1.29 is 13.2 Å². The summed E-state index contributed by atoms with van der Waals surface area (Å²) < 4.78 is 24.3. The van der Waals surface area contributed by atoms with E-state index in [1.165, 1.54) is 30.3 Å². The van der Waals surface area contributed by atoms with Crippen LogP contribution in [0.15, 0.2) is 42.5 Å². The Hall–Kier alpha value is -2.05. The number of halogens is 1. The van der Waals surface area contributed by atoms with Crippen LogP contribution in [0.5, 0.6) is 0 Å². The summed E-state index contributed by atoms with van der Waals surface area (Å²) in [5.74, 6) is -0.271. The van der Waals surface area contributed by atoms with E-state index in [4.69, 9.17) is 11.6 Å². The second-order valence-electron chi connectivity index (χ2n) is 6.24. The molecule has 0 fully saturated rings. The van der Waals surface area contributed by atoms with Gasteiger partial charge in [-0.15, -0.1) is 0 Å². The van der Waals surface area contributed by atoms with Crippen LogP contribution in [0.1, 0.15) is 27.9 Å². The van der Waals surface area contributed by atoms with E-state index in [0.717, 1.165) is 23.4 Å². The minimum atomic E-state index is -3.38. The number of sulfonamides is 1. The lowest BCUT2D eigenvalue weighted by Crippen LogP contribution is -2.26. The molecule has 2 aromatic rings. The van der Waals surface area contributed by atoms with Gasteiger partial charge in [0, 0.05) is 13.6 Å². The molecular formula is C19H23ClN2O3S. The molecule has 1 N–H and O–H groups in total. The van der Waals surface area contributed by atoms with Crippen LogP contribution < -0.4 is 9.62 Å². The highest BCUT2D eigenvalue weighted by molar-refractivity contribution is 7.92. The molecular weight excluding hydrogens is 372 g/mol. The highest BCUT2D eigenvalue weighted by Crippen LogP contribution is 2.24. The number of aryl methyl sites for hydroxylation is 2. The standard InChI is InChI=1S/C19H23ClN2O3S/c1-14-6-8-15(9-7-14)5-4-12-21-19(23)17-11-10-16(13-18(17)20)22(2)26(3,24)25/h6-11,13H,4-5,12H2,1-3H3,(H,21,23). The first kappa shape index (κ1) is 20.3. The predicted octanol–water partition coefficient (Wildman–Crippen LogP) is 3.41. The molecule has 0 unspecified atom stereocenters. The van der Waals surface area contributed by atoms with Gasteiger partial charge in [0.15, 0.2) is 0 Å². The van der Waals surface area contributed by atoms with E-state index >= 15 is 0 Å². The number of hydrogen-bond acceptors (Lipinski definition) is 3. The first-order valence-corrected chi connectivity index (χ1v) is 10.5. The zero-order chi connectivity index (χ0) is 19.3. The fourth-order valence-corrected chi connectivity index (χ4v) is 3.18. The van der Waals surface area contributed by atoms with Gasteiger partial charge in [-0.2, -0.15) is 0 Å². The number of carbonyl (C=O) groups excluding carboxylic acids is 1. The summed E-state index contributed by atoms with van der Waals surface area (Å²) in [6.07, 6.45) is 2.81. The molecule has 0 radical (unpaired) electrons. The van der Waals surface area contributed by atoms with Crippen molar-refractivity contribution in [2.24, 2.45) is 0 Å². The Morgan fingerprint density at radius 1 is 1.15 bits per heavy atom. The topological polar surface area (TPSA) is 66.5 Å². The van der Waals surface area contributed by atoms with Crippen molar-refractivity contribution in [1.82, 2.24) is 5.32 Å². The molecule has 5 nitrogen and oxygen atoms in total. The third-order valence-electron chi connectivity index (χ3n) is 4.11. The molecule has 2 aromatic carbocycles. The number of benzene rings is 2. The van der Waals surface area contributed by atoms with Crippen molar-refractivity contribution in [1.29, 1.82) is 0 Å². The highest BCUT2D eigenvalue weighted by atomic mass is 35.5. The van der Waals surface area contributed by atoms with Crippen LogP contribution >= 0.6 is 11.6 Å². The van der Waals surface area contributed by atoms with E-state index in [0.29, 0.717) is 17.8 Å². The first-order valence-electron chi connectivity index (χ1n) is 8.25. The van der Waals surface area contributed by atoms with Crippen LogP contribution in [0, 0.1) is 6.92 Å². The summed E-state index contributed by atoms with van der Waals surface area (Å²) in [4.78, 5) is 12.3. The van der Waals surface area contributed by atoms with Gasteiger partial charge in [0.1, 0.15) is 0 Å². The molecule has 0 saturated heterocycles. The largest absolute Gasteiger partial charge is 0.352 e. The van der Waals surface area contributed by atoms with E-state index < -0.39 is 10.0 Å². The maximum Gasteiger partial charge on any atom is 0.252 e. The molecule has 1 amide bonds. The summed E-state index contributed by atoms with van der Waals surface area (Å²) in [7, 11) is -1.94. The SMILES string of the molecule is Cc1ccc(CCCNC(=O)c2ccc(N(C)S(C)(=O)=O)cc2Cl)cc1. The molecule has 0 bridgehead atoms. The Kier molecular flexibility index (Phi) is 6.67. The monoisotopic (exact) mass is 394 g/mol. The molecule has 0 aliphatic carbocycles. The summed E-state index contributed by atoms with van der Waals surface area (Å²) >= 11 is 6.16. The van der Waals surface area contributed by atoms with Crippen LogP contribution in [0.25, 0.3) is 0 Å². The molecule has 0 saturated carbocycles. The van der Waals surface area contributed by atoms with Crippen LogP contribution in [-0.2, 0) is 16.4 Å². The minimum Gasteiger partial charge on any atom is -0.352 e. The normalized spacial score (nSPS) is 11.2. The van der Waals surface area contributed by atoms with E-state index in [1.54, 1.807) is 6.07 Å². The highest BCUT2D eigenvalue weighted by Gasteiger charge is 2.16. The van der Waals surface area contributed by atoms with E-state index in [2.05, 4.69) is 29.6 Å². The first-order chi connectivity index (χ1) is 12.2. The predicted molar refractivity (Wildman–Crippen MR) is 107 cm³/mol. The third-order valence-corrected chi connectivity index (χ3v) is 5.63. The van der Waals surface area contributed by atoms with Gasteiger partial charge in [0.05, 0.1) is 22.5 Å². The molecule has 140 valence electrons. The zero-order valence-corrected chi connectivity index (χ0v) is 16.7. The maximum absolute atomic E-state index is 12.3. The van der Waals surface area contributed by atoms with E-state index in [-0.39, 0.29) is 10.9 Å². The number of nitrogens with zero attached hydrogens (tertiary/aromatic N) is 1. The lowest BCUT2D eigenvalue weighted by Gasteiger charge is -2.17. The summed E-state index contributed by atoms with van der Waals surface area (Å²) in [5, 5.41) is 3.06. The van der Waals surface area contributed by atoms with Crippen molar-refractivity contribution in [3.05, 3.63) is 64.2 Å². The van der Waals surface area contributed by atoms with Crippen molar-refractivity contribution in [2.75, 3.05) is 24.2 Å². The van der Waals surface area contributed by atoms with Gasteiger partial charge in [-0.3, -0.25) is 9.10 Å². The second-order valence-corrected chi connectivity index (χ2v) is 8.66. The van der Waals surface area contributed by atoms with Gasteiger partial charge in [-0.1, -0.05) is 41.4 Å². The van der Waals surface area contributed by atoms with Gasteiger partial charge < -0.3 is 5.32 Å². The number of nitrogens with one attached hydrogen (secondary N) is 1. The quantitative estimate of drug-likeness (QED) is 0.732. The smallest absolute Gasteiger partial charge is 0.252 e. The van der Waals surface area contributed by atoms with Gasteiger partial charge in [0.2, 0.25) is 10.0 Å². The maximum atomic E-state index is 12.3. The Bertz CT molecular complexity index is 880. The van der Waals surface area contributed by atoms with Crippen molar-refractivity contribution >= 4 is 33.2 Å². The minimum absolute atomic E-state index is 0.217. The zero-order valence-electron chi connectivity index (χ0n) is 15.1. The van der Waals surface area contributed by atoms with Crippen LogP contribution in [0.2, 0.25) is 5.02 Å². The molecule has 2 rings (SSSR count). The van der Waals surface area contributed by atoms with E-state index in [1.807, 2.05) is 6.92 Å². The number of amides is 1. The summed E-state index contributed by atoms with van der Waals surface area (Å²) in [6, 6.07) is 12.9. The summed E-state index contributed by atoms with van der Waals surface area (Å²) in [5.41, 5.74) is 3.19. The molecule has 0 aliphatic rings. The average molecular weight is 395 g/mol. The lowest BCUT2D eigenvalue weighted by molar-refractivity contribution is 0.0953. The van der Waals surface area contributed by atoms with Gasteiger partial charge in [-0.25, -0.2) is 8.42 Å². The van der Waals surface area contributed by atoms with E-state index in [9.17, 15) is 13.2 Å².